The van der Waals surface area contributed by atoms with E-state index in [0.29, 0.717) is 25.7 Å². The van der Waals surface area contributed by atoms with Gasteiger partial charge in [-0.2, -0.15) is 0 Å². The topological polar surface area (TPSA) is 83.0 Å². The van der Waals surface area contributed by atoms with Crippen molar-refractivity contribution in [1.82, 2.24) is 15.5 Å². The molecular formula is C22H35IN4O3. The van der Waals surface area contributed by atoms with Crippen molar-refractivity contribution in [1.29, 1.82) is 0 Å². The Morgan fingerprint density at radius 2 is 1.80 bits per heavy atom. The first-order valence-electron chi connectivity index (χ1n) is 11.4. The molecule has 0 aromatic heterocycles. The number of imide groups is 1. The molecule has 8 heteroatoms. The van der Waals surface area contributed by atoms with Gasteiger partial charge in [-0.05, 0) is 44.4 Å². The highest BCUT2D eigenvalue weighted by Gasteiger charge is 2.58. The fourth-order valence-electron chi connectivity index (χ4n) is 5.37. The lowest BCUT2D eigenvalue weighted by atomic mass is 9.85. The van der Waals surface area contributed by atoms with Crippen molar-refractivity contribution >= 4 is 41.8 Å². The van der Waals surface area contributed by atoms with Crippen molar-refractivity contribution in [2.75, 3.05) is 32.8 Å². The summed E-state index contributed by atoms with van der Waals surface area (Å²) in [6.07, 6.45) is 11.6. The molecule has 168 valence electrons. The second-order valence-corrected chi connectivity index (χ2v) is 8.65. The highest BCUT2D eigenvalue weighted by atomic mass is 127. The number of hydrogen-bond acceptors (Lipinski definition) is 4. The summed E-state index contributed by atoms with van der Waals surface area (Å²) >= 11 is 0. The van der Waals surface area contributed by atoms with Gasteiger partial charge < -0.3 is 15.4 Å². The minimum atomic E-state index is -0.112. The van der Waals surface area contributed by atoms with Crippen molar-refractivity contribution in [3.63, 3.8) is 0 Å². The zero-order valence-corrected chi connectivity index (χ0v) is 20.2. The molecule has 1 aliphatic heterocycles. The molecular weight excluding hydrogens is 495 g/mol. The van der Waals surface area contributed by atoms with Crippen LogP contribution in [0.1, 0.15) is 45.4 Å². The van der Waals surface area contributed by atoms with E-state index in [1.54, 1.807) is 0 Å². The number of aliphatic imine (C=N–C) groups is 1. The van der Waals surface area contributed by atoms with Crippen LogP contribution in [0.15, 0.2) is 17.1 Å². The molecule has 3 fully saturated rings. The normalized spacial score (nSPS) is 30.2. The van der Waals surface area contributed by atoms with Gasteiger partial charge in [0.15, 0.2) is 5.96 Å². The van der Waals surface area contributed by atoms with E-state index in [2.05, 4.69) is 27.8 Å². The lowest BCUT2D eigenvalue weighted by molar-refractivity contribution is -0.140. The second kappa shape index (κ2) is 10.9. The number of halogens is 1. The molecule has 1 heterocycles. The van der Waals surface area contributed by atoms with Gasteiger partial charge in [-0.1, -0.05) is 25.0 Å². The molecule has 0 aromatic rings. The number of carbonyl (C=O) groups is 2. The molecule has 2 saturated carbocycles. The molecule has 0 aromatic carbocycles. The Morgan fingerprint density at radius 3 is 2.43 bits per heavy atom. The van der Waals surface area contributed by atoms with Gasteiger partial charge in [0.2, 0.25) is 11.8 Å². The monoisotopic (exact) mass is 530 g/mol. The van der Waals surface area contributed by atoms with Gasteiger partial charge in [-0.3, -0.25) is 19.5 Å². The highest BCUT2D eigenvalue weighted by Crippen LogP contribution is 2.52. The van der Waals surface area contributed by atoms with E-state index in [1.165, 1.54) is 30.6 Å². The van der Waals surface area contributed by atoms with Crippen LogP contribution in [0.3, 0.4) is 0 Å². The quantitative estimate of drug-likeness (QED) is 0.119. The van der Waals surface area contributed by atoms with Gasteiger partial charge >= 0.3 is 0 Å². The van der Waals surface area contributed by atoms with Crippen molar-refractivity contribution < 1.29 is 14.3 Å². The Bertz CT molecular complexity index is 647. The molecule has 30 heavy (non-hydrogen) atoms. The Hall–Kier alpha value is -1.16. The van der Waals surface area contributed by atoms with Crippen LogP contribution in [-0.2, 0) is 14.3 Å². The second-order valence-electron chi connectivity index (χ2n) is 8.65. The predicted molar refractivity (Wildman–Crippen MR) is 127 cm³/mol. The molecule has 1 saturated heterocycles. The molecule has 4 rings (SSSR count). The van der Waals surface area contributed by atoms with Gasteiger partial charge in [0.25, 0.3) is 0 Å². The number of hydrogen-bond donors (Lipinski definition) is 2. The maximum atomic E-state index is 12.7. The maximum absolute atomic E-state index is 12.7. The molecule has 2 N–H and O–H groups in total. The van der Waals surface area contributed by atoms with Gasteiger partial charge in [0.05, 0.1) is 17.9 Å². The van der Waals surface area contributed by atoms with Gasteiger partial charge in [-0.15, -0.1) is 24.0 Å². The van der Waals surface area contributed by atoms with Crippen LogP contribution < -0.4 is 10.6 Å². The fraction of sp³-hybridized carbons (Fsp3) is 0.773. The molecule has 2 bridgehead atoms. The summed E-state index contributed by atoms with van der Waals surface area (Å²) in [4.78, 5) is 31.5. The zero-order valence-electron chi connectivity index (χ0n) is 17.8. The van der Waals surface area contributed by atoms with E-state index in [4.69, 9.17) is 4.74 Å². The molecule has 0 radical (unpaired) electrons. The third-order valence-corrected chi connectivity index (χ3v) is 6.76. The number of ether oxygens (including phenoxy) is 1. The van der Waals surface area contributed by atoms with Crippen LogP contribution in [0.25, 0.3) is 0 Å². The van der Waals surface area contributed by atoms with E-state index in [0.717, 1.165) is 32.0 Å². The van der Waals surface area contributed by atoms with Crippen LogP contribution in [-0.4, -0.2) is 61.6 Å². The van der Waals surface area contributed by atoms with E-state index in [-0.39, 0.29) is 59.5 Å². The van der Waals surface area contributed by atoms with Crippen LogP contribution >= 0.6 is 24.0 Å². The first kappa shape index (κ1) is 23.5. The summed E-state index contributed by atoms with van der Waals surface area (Å²) in [6, 6.07) is 0. The van der Waals surface area contributed by atoms with Gasteiger partial charge in [-0.25, -0.2) is 0 Å². The summed E-state index contributed by atoms with van der Waals surface area (Å²) in [5, 5.41) is 6.49. The van der Waals surface area contributed by atoms with Crippen molar-refractivity contribution in [3.05, 3.63) is 12.2 Å². The number of likely N-dealkylation sites (tertiary alicyclic amines) is 1. The van der Waals surface area contributed by atoms with Crippen LogP contribution in [0.4, 0.5) is 0 Å². The molecule has 4 unspecified atom stereocenters. The molecule has 4 atom stereocenters. The Morgan fingerprint density at radius 1 is 1.13 bits per heavy atom. The largest absolute Gasteiger partial charge is 0.378 e. The summed E-state index contributed by atoms with van der Waals surface area (Å²) in [6.45, 7) is 5.17. The number of nitrogens with one attached hydrogen (secondary N) is 2. The molecule has 4 aliphatic rings. The lowest BCUT2D eigenvalue weighted by Gasteiger charge is -2.18. The molecule has 7 nitrogen and oxygen atoms in total. The third-order valence-electron chi connectivity index (χ3n) is 6.76. The number of rotatable bonds is 9. The van der Waals surface area contributed by atoms with E-state index < -0.39 is 0 Å². The summed E-state index contributed by atoms with van der Waals surface area (Å²) in [7, 11) is 0. The average molecular weight is 530 g/mol. The van der Waals surface area contributed by atoms with E-state index >= 15 is 0 Å². The summed E-state index contributed by atoms with van der Waals surface area (Å²) in [5.41, 5.74) is 0. The number of allylic oxidation sites excluding steroid dienone is 2. The Kier molecular flexibility index (Phi) is 8.56. The lowest BCUT2D eigenvalue weighted by Crippen LogP contribution is -2.43. The molecule has 2 amide bonds. The van der Waals surface area contributed by atoms with Crippen LogP contribution in [0, 0.1) is 23.7 Å². The first-order valence-corrected chi connectivity index (χ1v) is 11.4. The minimum absolute atomic E-state index is 0. The standard InChI is InChI=1S/C22H34N4O3.HI/c1-2-23-22(24-10-5-13-29-17-6-3-4-7-17)25-11-12-26-20(27)18-15-8-9-16(14-15)19(18)21(26)28;/h8-9,15-19H,2-7,10-14H2,1H3,(H2,23,24,25);1H. The zero-order chi connectivity index (χ0) is 20.2. The summed E-state index contributed by atoms with van der Waals surface area (Å²) < 4.78 is 5.88. The first-order chi connectivity index (χ1) is 14.2. The number of fused-ring (bicyclic) bond motifs is 5. The SMILES string of the molecule is CCNC(=NCCCOC1CCCC1)NCCN1C(=O)C2C3C=CC(C3)C2C1=O.I. The minimum Gasteiger partial charge on any atom is -0.378 e. The average Bonchev–Trinajstić information content (AvgIpc) is 3.49. The summed E-state index contributed by atoms with van der Waals surface area (Å²) in [5.74, 6) is 1.08. The Labute approximate surface area is 196 Å². The van der Waals surface area contributed by atoms with Crippen molar-refractivity contribution in [2.24, 2.45) is 28.7 Å². The smallest absolute Gasteiger partial charge is 0.233 e. The number of nitrogens with zero attached hydrogens (tertiary/aromatic N) is 2. The fourth-order valence-corrected chi connectivity index (χ4v) is 5.37. The Balaban J connectivity index is 0.00000256. The highest BCUT2D eigenvalue weighted by molar-refractivity contribution is 14.0. The van der Waals surface area contributed by atoms with Crippen LogP contribution in [0.5, 0.6) is 0 Å². The van der Waals surface area contributed by atoms with Crippen molar-refractivity contribution in [2.45, 2.75) is 51.6 Å². The molecule has 3 aliphatic carbocycles. The predicted octanol–water partition coefficient (Wildman–Crippen LogP) is 2.32. The van der Waals surface area contributed by atoms with Crippen LogP contribution in [0.2, 0.25) is 0 Å². The molecule has 0 spiro atoms. The maximum Gasteiger partial charge on any atom is 0.233 e. The van der Waals surface area contributed by atoms with E-state index in [1.807, 2.05) is 6.92 Å². The third kappa shape index (κ3) is 5.00. The number of carbonyl (C=O) groups excluding carboxylic acids is 2. The van der Waals surface area contributed by atoms with Gasteiger partial charge in [0, 0.05) is 32.8 Å². The van der Waals surface area contributed by atoms with Crippen molar-refractivity contribution in [3.8, 4) is 0 Å². The van der Waals surface area contributed by atoms with Gasteiger partial charge in [0.1, 0.15) is 0 Å². The number of amides is 2. The number of guanidine groups is 1. The van der Waals surface area contributed by atoms with E-state index in [9.17, 15) is 9.59 Å².